The molecule has 3 rings (SSSR count). The fourth-order valence-electron chi connectivity index (χ4n) is 2.27. The van der Waals surface area contributed by atoms with Crippen molar-refractivity contribution in [3.05, 3.63) is 41.3 Å². The highest BCUT2D eigenvalue weighted by molar-refractivity contribution is 7.13. The Hall–Kier alpha value is -2.12. The molecule has 0 aliphatic carbocycles. The van der Waals surface area contributed by atoms with E-state index in [1.54, 1.807) is 11.3 Å². The molecular formula is C15H13N3S. The second kappa shape index (κ2) is 4.52. The molecule has 0 radical (unpaired) electrons. The van der Waals surface area contributed by atoms with Crippen LogP contribution in [0.5, 0.6) is 0 Å². The van der Waals surface area contributed by atoms with Crippen LogP contribution >= 0.6 is 11.3 Å². The predicted octanol–water partition coefficient (Wildman–Crippen LogP) is 4.22. The first-order valence-electron chi connectivity index (χ1n) is 6.16. The maximum absolute atomic E-state index is 8.98. The summed E-state index contributed by atoms with van der Waals surface area (Å²) in [6, 6.07) is 12.3. The van der Waals surface area contributed by atoms with Gasteiger partial charge in [-0.3, -0.25) is 0 Å². The van der Waals surface area contributed by atoms with Crippen molar-refractivity contribution in [2.75, 3.05) is 0 Å². The lowest BCUT2D eigenvalue weighted by Crippen LogP contribution is -2.02. The lowest BCUT2D eigenvalue weighted by molar-refractivity contribution is 0.625. The lowest BCUT2D eigenvalue weighted by atomic mass is 10.2. The molecule has 2 heterocycles. The minimum atomic E-state index is 0.329. The van der Waals surface area contributed by atoms with Gasteiger partial charge in [-0.1, -0.05) is 6.07 Å². The Balaban J connectivity index is 2.33. The molecule has 0 fully saturated rings. The molecule has 3 aromatic rings. The summed E-state index contributed by atoms with van der Waals surface area (Å²) in [6.07, 6.45) is 0. The Morgan fingerprint density at radius 2 is 2.16 bits per heavy atom. The SMILES string of the molecule is CC(C)n1c(-c2cccs2)nc2cc(C#N)ccc21. The van der Waals surface area contributed by atoms with Crippen LogP contribution in [0.4, 0.5) is 0 Å². The monoisotopic (exact) mass is 267 g/mol. The van der Waals surface area contributed by atoms with Crippen molar-refractivity contribution in [2.45, 2.75) is 19.9 Å². The first kappa shape index (κ1) is 11.9. The van der Waals surface area contributed by atoms with E-state index in [0.29, 0.717) is 11.6 Å². The van der Waals surface area contributed by atoms with Crippen LogP contribution in [0.2, 0.25) is 0 Å². The number of nitrogens with zero attached hydrogens (tertiary/aromatic N) is 3. The van der Waals surface area contributed by atoms with Gasteiger partial charge in [0.05, 0.1) is 27.5 Å². The quantitative estimate of drug-likeness (QED) is 0.697. The van der Waals surface area contributed by atoms with Crippen molar-refractivity contribution < 1.29 is 0 Å². The molecule has 0 saturated carbocycles. The highest BCUT2D eigenvalue weighted by atomic mass is 32.1. The fourth-order valence-corrected chi connectivity index (χ4v) is 2.98. The zero-order valence-electron chi connectivity index (χ0n) is 10.8. The van der Waals surface area contributed by atoms with Gasteiger partial charge in [0.25, 0.3) is 0 Å². The maximum Gasteiger partial charge on any atom is 0.151 e. The molecule has 94 valence electrons. The number of hydrogen-bond acceptors (Lipinski definition) is 3. The summed E-state index contributed by atoms with van der Waals surface area (Å²) in [5, 5.41) is 11.0. The maximum atomic E-state index is 8.98. The number of hydrogen-bond donors (Lipinski definition) is 0. The van der Waals surface area contributed by atoms with E-state index in [9.17, 15) is 0 Å². The number of nitriles is 1. The third-order valence-electron chi connectivity index (χ3n) is 3.08. The first-order chi connectivity index (χ1) is 9.20. The highest BCUT2D eigenvalue weighted by Crippen LogP contribution is 2.31. The second-order valence-electron chi connectivity index (χ2n) is 4.69. The average molecular weight is 267 g/mol. The van der Waals surface area contributed by atoms with Crippen LogP contribution in [-0.4, -0.2) is 9.55 Å². The van der Waals surface area contributed by atoms with E-state index in [2.05, 4.69) is 35.9 Å². The van der Waals surface area contributed by atoms with E-state index in [1.165, 1.54) is 0 Å². The molecule has 0 saturated heterocycles. The van der Waals surface area contributed by atoms with Crippen molar-refractivity contribution in [3.8, 4) is 16.8 Å². The summed E-state index contributed by atoms with van der Waals surface area (Å²) < 4.78 is 2.22. The Bertz CT molecular complexity index is 761. The van der Waals surface area contributed by atoms with Crippen molar-refractivity contribution in [2.24, 2.45) is 0 Å². The molecule has 0 aliphatic rings. The van der Waals surface area contributed by atoms with E-state index in [4.69, 9.17) is 10.2 Å². The third-order valence-corrected chi connectivity index (χ3v) is 3.94. The molecule has 0 bridgehead atoms. The van der Waals surface area contributed by atoms with Crippen molar-refractivity contribution in [1.82, 2.24) is 9.55 Å². The zero-order valence-corrected chi connectivity index (χ0v) is 11.6. The third kappa shape index (κ3) is 1.92. The first-order valence-corrected chi connectivity index (χ1v) is 7.04. The fraction of sp³-hybridized carbons (Fsp3) is 0.200. The number of fused-ring (bicyclic) bond motifs is 1. The molecule has 19 heavy (non-hydrogen) atoms. The molecule has 1 aromatic carbocycles. The molecule has 2 aromatic heterocycles. The number of aromatic nitrogens is 2. The number of imidazole rings is 1. The largest absolute Gasteiger partial charge is 0.321 e. The second-order valence-corrected chi connectivity index (χ2v) is 5.64. The van der Waals surface area contributed by atoms with Crippen LogP contribution in [0.25, 0.3) is 21.7 Å². The zero-order chi connectivity index (χ0) is 13.4. The van der Waals surface area contributed by atoms with E-state index < -0.39 is 0 Å². The Morgan fingerprint density at radius 1 is 1.32 bits per heavy atom. The normalized spacial score (nSPS) is 11.1. The average Bonchev–Trinajstić information content (AvgIpc) is 3.04. The Kier molecular flexibility index (Phi) is 2.84. The summed E-state index contributed by atoms with van der Waals surface area (Å²) in [5.74, 6) is 0.982. The molecular weight excluding hydrogens is 254 g/mol. The van der Waals surface area contributed by atoms with E-state index in [-0.39, 0.29) is 0 Å². The minimum absolute atomic E-state index is 0.329. The summed E-state index contributed by atoms with van der Waals surface area (Å²) in [7, 11) is 0. The minimum Gasteiger partial charge on any atom is -0.321 e. The van der Waals surface area contributed by atoms with Crippen LogP contribution < -0.4 is 0 Å². The topological polar surface area (TPSA) is 41.6 Å². The van der Waals surface area contributed by atoms with Crippen LogP contribution in [0.1, 0.15) is 25.5 Å². The number of rotatable bonds is 2. The summed E-state index contributed by atoms with van der Waals surface area (Å²) in [5.41, 5.74) is 2.62. The predicted molar refractivity (Wildman–Crippen MR) is 78.1 cm³/mol. The van der Waals surface area contributed by atoms with E-state index in [0.717, 1.165) is 21.7 Å². The lowest BCUT2D eigenvalue weighted by Gasteiger charge is -2.11. The van der Waals surface area contributed by atoms with Gasteiger partial charge in [0.1, 0.15) is 0 Å². The van der Waals surface area contributed by atoms with Gasteiger partial charge in [0.2, 0.25) is 0 Å². The van der Waals surface area contributed by atoms with Crippen LogP contribution in [0.3, 0.4) is 0 Å². The highest BCUT2D eigenvalue weighted by Gasteiger charge is 2.15. The van der Waals surface area contributed by atoms with Gasteiger partial charge in [-0.25, -0.2) is 4.98 Å². The van der Waals surface area contributed by atoms with Crippen LogP contribution in [0, 0.1) is 11.3 Å². The van der Waals surface area contributed by atoms with E-state index >= 15 is 0 Å². The van der Waals surface area contributed by atoms with Crippen molar-refractivity contribution in [3.63, 3.8) is 0 Å². The van der Waals surface area contributed by atoms with Gasteiger partial charge in [0, 0.05) is 6.04 Å². The van der Waals surface area contributed by atoms with Crippen molar-refractivity contribution in [1.29, 1.82) is 5.26 Å². The molecule has 3 nitrogen and oxygen atoms in total. The van der Waals surface area contributed by atoms with Gasteiger partial charge >= 0.3 is 0 Å². The summed E-state index contributed by atoms with van der Waals surface area (Å²) >= 11 is 1.68. The van der Waals surface area contributed by atoms with Crippen LogP contribution in [-0.2, 0) is 0 Å². The van der Waals surface area contributed by atoms with Gasteiger partial charge in [-0.2, -0.15) is 5.26 Å². The number of thiophene rings is 1. The van der Waals surface area contributed by atoms with Gasteiger partial charge in [-0.05, 0) is 43.5 Å². The van der Waals surface area contributed by atoms with Gasteiger partial charge in [-0.15, -0.1) is 11.3 Å². The molecule has 0 atom stereocenters. The number of benzene rings is 1. The molecule has 0 spiro atoms. The Morgan fingerprint density at radius 3 is 2.79 bits per heavy atom. The Labute approximate surface area is 115 Å². The molecule has 0 unspecified atom stereocenters. The summed E-state index contributed by atoms with van der Waals surface area (Å²) in [4.78, 5) is 5.86. The molecule has 4 heteroatoms. The van der Waals surface area contributed by atoms with Crippen molar-refractivity contribution >= 4 is 22.4 Å². The van der Waals surface area contributed by atoms with E-state index in [1.807, 2.05) is 24.3 Å². The summed E-state index contributed by atoms with van der Waals surface area (Å²) in [6.45, 7) is 4.30. The smallest absolute Gasteiger partial charge is 0.151 e. The van der Waals surface area contributed by atoms with Gasteiger partial charge < -0.3 is 4.57 Å². The molecule has 0 N–H and O–H groups in total. The standard InChI is InChI=1S/C15H13N3S/c1-10(2)18-13-6-5-11(9-16)8-12(13)17-15(18)14-4-3-7-19-14/h3-8,10H,1-2H3. The van der Waals surface area contributed by atoms with Crippen LogP contribution in [0.15, 0.2) is 35.7 Å². The molecule has 0 aliphatic heterocycles. The molecule has 0 amide bonds. The van der Waals surface area contributed by atoms with Gasteiger partial charge in [0.15, 0.2) is 5.82 Å².